The van der Waals surface area contributed by atoms with Crippen LogP contribution in [0.1, 0.15) is 27.7 Å². The van der Waals surface area contributed by atoms with Crippen LogP contribution in [0.25, 0.3) is 0 Å². The van der Waals surface area contributed by atoms with Gasteiger partial charge in [0.1, 0.15) is 0 Å². The van der Waals surface area contributed by atoms with Gasteiger partial charge in [0.25, 0.3) is 0 Å². The molecule has 4 nitrogen and oxygen atoms in total. The first-order chi connectivity index (χ1) is 11.3. The van der Waals surface area contributed by atoms with E-state index in [0.717, 1.165) is 26.2 Å². The Labute approximate surface area is 211 Å². The average Bonchev–Trinajstić information content (AvgIpc) is 2.59. The maximum atomic E-state index is 3.25. The second-order valence-electron chi connectivity index (χ2n) is 5.21. The number of hydrogen-bond acceptors (Lipinski definition) is 4. The first-order valence-corrected chi connectivity index (χ1v) is 8.67. The van der Waals surface area contributed by atoms with Crippen LogP contribution in [0.15, 0.2) is 0 Å². The van der Waals surface area contributed by atoms with Gasteiger partial charge in [-0.15, -0.1) is 0 Å². The van der Waals surface area contributed by atoms with Crippen molar-refractivity contribution in [2.24, 2.45) is 0 Å². The molecule has 0 amide bonds. The van der Waals surface area contributed by atoms with Gasteiger partial charge in [-0.2, -0.15) is 27.7 Å². The Morgan fingerprint density at radius 3 is 0.481 bits per heavy atom. The van der Waals surface area contributed by atoms with Crippen molar-refractivity contribution < 1.29 is 54.8 Å². The summed E-state index contributed by atoms with van der Waals surface area (Å²) in [7, 11) is 16.7. The Hall–Kier alpha value is 1.55. The molecule has 0 unspecified atom stereocenters. The van der Waals surface area contributed by atoms with Crippen molar-refractivity contribution in [3.63, 3.8) is 0 Å². The molecule has 0 aliphatic rings. The average molecular weight is 417 g/mol. The second kappa shape index (κ2) is 63.1. The summed E-state index contributed by atoms with van der Waals surface area (Å²) in [5, 5.41) is 0. The van der Waals surface area contributed by atoms with Gasteiger partial charge in [0.2, 0.25) is 0 Å². The van der Waals surface area contributed by atoms with Crippen molar-refractivity contribution in [2.45, 2.75) is 27.7 Å². The van der Waals surface area contributed by atoms with E-state index in [1.807, 2.05) is 0 Å². The standard InChI is InChI=1S/2C6H16N2.4C2H5.2Li.Mn/c2*1-7(2)5-6-8(3)4;4*1-2;;;/h2*5-6H2,1-4H3;4*1H2,2H3;;;/q;;4*-1;2*+1;+2. The van der Waals surface area contributed by atoms with Crippen LogP contribution in [0.2, 0.25) is 0 Å². The van der Waals surface area contributed by atoms with Crippen LogP contribution in [0.3, 0.4) is 0 Å². The molecule has 0 N–H and O–H groups in total. The summed E-state index contributed by atoms with van der Waals surface area (Å²) in [5.74, 6) is 0. The molecule has 0 aromatic rings. The van der Waals surface area contributed by atoms with Crippen molar-refractivity contribution in [3.8, 4) is 0 Å². The Balaban J connectivity index is -0.0000000231. The Kier molecular flexibility index (Phi) is 132. The maximum Gasteiger partial charge on any atom is 2.00 e. The van der Waals surface area contributed by atoms with E-state index in [1.54, 1.807) is 27.7 Å². The molecular weight excluding hydrogens is 365 g/mol. The fourth-order valence-corrected chi connectivity index (χ4v) is 0.800. The minimum absolute atomic E-state index is 0. The van der Waals surface area contributed by atoms with Crippen LogP contribution in [-0.2, 0) is 17.1 Å². The van der Waals surface area contributed by atoms with Crippen molar-refractivity contribution in [3.05, 3.63) is 27.7 Å². The van der Waals surface area contributed by atoms with E-state index in [0.29, 0.717) is 0 Å². The molecule has 0 spiro atoms. The summed E-state index contributed by atoms with van der Waals surface area (Å²) in [6.45, 7) is 24.6. The van der Waals surface area contributed by atoms with Crippen molar-refractivity contribution >= 4 is 0 Å². The number of nitrogens with zero attached hydrogens (tertiary/aromatic N) is 4. The molecule has 0 rings (SSSR count). The summed E-state index contributed by atoms with van der Waals surface area (Å²) in [4.78, 5) is 8.72. The zero-order chi connectivity index (χ0) is 21.1. The van der Waals surface area contributed by atoms with Gasteiger partial charge < -0.3 is 47.3 Å². The molecule has 0 fully saturated rings. The van der Waals surface area contributed by atoms with Gasteiger partial charge in [-0.05, 0) is 56.4 Å². The Bertz CT molecular complexity index is 120. The summed E-state index contributed by atoms with van der Waals surface area (Å²) in [6, 6.07) is 0. The SMILES string of the molecule is CN(C)CCN(C)C.CN(C)CCN(C)C.[CH2-]C.[CH2-]C.[CH2-]C.[CH2-]C.[Li+].[Li+].[Mn+2]. The molecule has 27 heavy (non-hydrogen) atoms. The Morgan fingerprint density at radius 2 is 0.444 bits per heavy atom. The van der Waals surface area contributed by atoms with Gasteiger partial charge in [-0.1, -0.05) is 0 Å². The molecule has 161 valence electrons. The molecule has 7 heteroatoms. The van der Waals surface area contributed by atoms with Crippen LogP contribution in [-0.4, -0.2) is 102 Å². The molecule has 1 radical (unpaired) electrons. The van der Waals surface area contributed by atoms with Gasteiger partial charge in [-0.25, -0.2) is 0 Å². The molecule has 0 aromatic heterocycles. The third kappa shape index (κ3) is 135. The van der Waals surface area contributed by atoms with Crippen LogP contribution in [0, 0.1) is 27.7 Å². The van der Waals surface area contributed by atoms with Gasteiger partial charge in [-0.3, -0.25) is 0 Å². The van der Waals surface area contributed by atoms with Crippen LogP contribution >= 0.6 is 0 Å². The van der Waals surface area contributed by atoms with E-state index in [2.05, 4.69) is 104 Å². The Morgan fingerprint density at radius 1 is 0.370 bits per heavy atom. The number of hydrogen-bond donors (Lipinski definition) is 0. The molecule has 0 atom stereocenters. The molecular formula is C20H52Li2MnN4. The molecule has 0 saturated carbocycles. The largest absolute Gasteiger partial charge is 2.00 e. The molecule has 0 aromatic carbocycles. The van der Waals surface area contributed by atoms with Gasteiger partial charge in [0.05, 0.1) is 0 Å². The van der Waals surface area contributed by atoms with Crippen molar-refractivity contribution in [2.75, 3.05) is 82.6 Å². The molecule has 0 bridgehead atoms. The number of rotatable bonds is 6. The molecule has 0 saturated heterocycles. The van der Waals surface area contributed by atoms with Gasteiger partial charge in [0.15, 0.2) is 0 Å². The molecule has 0 aliphatic carbocycles. The predicted molar refractivity (Wildman–Crippen MR) is 118 cm³/mol. The summed E-state index contributed by atoms with van der Waals surface area (Å²) < 4.78 is 0. The van der Waals surface area contributed by atoms with Crippen molar-refractivity contribution in [1.82, 2.24) is 19.6 Å². The maximum absolute atomic E-state index is 3.25. The van der Waals surface area contributed by atoms with Gasteiger partial charge in [0, 0.05) is 26.2 Å². The van der Waals surface area contributed by atoms with E-state index >= 15 is 0 Å². The van der Waals surface area contributed by atoms with Crippen molar-refractivity contribution in [1.29, 1.82) is 0 Å². The third-order valence-electron chi connectivity index (χ3n) is 1.99. The fraction of sp³-hybridized carbons (Fsp3) is 0.800. The fourth-order valence-electron chi connectivity index (χ4n) is 0.800. The first kappa shape index (κ1) is 56.7. The quantitative estimate of drug-likeness (QED) is 0.353. The predicted octanol–water partition coefficient (Wildman–Crippen LogP) is -2.41. The van der Waals surface area contributed by atoms with Gasteiger partial charge >= 0.3 is 54.8 Å². The molecule has 0 aliphatic heterocycles. The smallest absolute Gasteiger partial charge is 0.346 e. The zero-order valence-electron chi connectivity index (χ0n) is 21.8. The first-order valence-electron chi connectivity index (χ1n) is 8.67. The van der Waals surface area contributed by atoms with E-state index in [9.17, 15) is 0 Å². The van der Waals surface area contributed by atoms with E-state index < -0.39 is 0 Å². The second-order valence-corrected chi connectivity index (χ2v) is 5.21. The summed E-state index contributed by atoms with van der Waals surface area (Å²) in [6.07, 6.45) is 0. The molecule has 0 heterocycles. The van der Waals surface area contributed by atoms with E-state index in [-0.39, 0.29) is 54.8 Å². The summed E-state index contributed by atoms with van der Waals surface area (Å²) >= 11 is 0. The summed E-state index contributed by atoms with van der Waals surface area (Å²) in [5.41, 5.74) is 0. The van der Waals surface area contributed by atoms with Crippen LogP contribution in [0.5, 0.6) is 0 Å². The minimum atomic E-state index is 0. The van der Waals surface area contributed by atoms with Crippen LogP contribution in [0.4, 0.5) is 0 Å². The normalized spacial score (nSPS) is 7.56. The third-order valence-corrected chi connectivity index (χ3v) is 1.99. The van der Waals surface area contributed by atoms with Crippen LogP contribution < -0.4 is 37.7 Å². The minimum Gasteiger partial charge on any atom is -0.346 e. The topological polar surface area (TPSA) is 13.0 Å². The van der Waals surface area contributed by atoms with E-state index in [4.69, 9.17) is 0 Å². The van der Waals surface area contributed by atoms with E-state index in [1.165, 1.54) is 0 Å². The zero-order valence-corrected chi connectivity index (χ0v) is 23.0. The number of likely N-dealkylation sites (N-methyl/N-ethyl adjacent to an activating group) is 4. The monoisotopic (exact) mass is 417 g/mol.